The van der Waals surface area contributed by atoms with Gasteiger partial charge in [0.05, 0.1) is 11.1 Å². The number of nitrogens with one attached hydrogen (secondary N) is 1. The third-order valence-electron chi connectivity index (χ3n) is 4.06. The van der Waals surface area contributed by atoms with Gasteiger partial charge in [-0.05, 0) is 30.5 Å². The zero-order chi connectivity index (χ0) is 18.4. The minimum absolute atomic E-state index is 0.211. The van der Waals surface area contributed by atoms with Gasteiger partial charge >= 0.3 is 12.1 Å². The van der Waals surface area contributed by atoms with Crippen LogP contribution in [0.15, 0.2) is 45.7 Å². The molecular weight excluding hydrogens is 415 g/mol. The lowest BCUT2D eigenvalue weighted by molar-refractivity contribution is -0.159. The molecule has 134 valence electrons. The molecule has 0 unspecified atom stereocenters. The fraction of sp³-hybridized carbons (Fsp3) is 0.250. The fourth-order valence-electron chi connectivity index (χ4n) is 2.57. The van der Waals surface area contributed by atoms with Gasteiger partial charge in [-0.15, -0.1) is 0 Å². The molecule has 1 fully saturated rings. The molecule has 0 amide bonds. The summed E-state index contributed by atoms with van der Waals surface area (Å²) in [5.41, 5.74) is 1.13. The van der Waals surface area contributed by atoms with Gasteiger partial charge in [-0.25, -0.2) is 9.97 Å². The van der Waals surface area contributed by atoms with Crippen molar-refractivity contribution in [2.75, 3.05) is 5.32 Å². The molecule has 1 aliphatic carbocycles. The van der Waals surface area contributed by atoms with E-state index in [9.17, 15) is 13.2 Å². The van der Waals surface area contributed by atoms with E-state index in [1.54, 1.807) is 0 Å². The summed E-state index contributed by atoms with van der Waals surface area (Å²) in [5.74, 6) is -1.23. The topological polar surface area (TPSA) is 76.7 Å². The van der Waals surface area contributed by atoms with Gasteiger partial charge in [-0.1, -0.05) is 33.2 Å². The zero-order valence-corrected chi connectivity index (χ0v) is 14.7. The van der Waals surface area contributed by atoms with Crippen molar-refractivity contribution in [3.63, 3.8) is 0 Å². The van der Waals surface area contributed by atoms with Crippen molar-refractivity contribution >= 4 is 21.9 Å². The number of anilines is 1. The molecule has 6 nitrogen and oxygen atoms in total. The van der Waals surface area contributed by atoms with Gasteiger partial charge in [0.1, 0.15) is 0 Å². The van der Waals surface area contributed by atoms with Crippen LogP contribution in [0.2, 0.25) is 0 Å². The first-order chi connectivity index (χ1) is 12.4. The minimum Gasteiger partial charge on any atom is -0.345 e. The molecule has 3 aromatic rings. The number of alkyl halides is 3. The summed E-state index contributed by atoms with van der Waals surface area (Å²) in [6, 6.07) is 7.97. The zero-order valence-electron chi connectivity index (χ0n) is 13.1. The summed E-state index contributed by atoms with van der Waals surface area (Å²) in [4.78, 5) is 11.6. The maximum absolute atomic E-state index is 12.5. The Bertz CT molecular complexity index is 938. The highest BCUT2D eigenvalue weighted by Crippen LogP contribution is 2.48. The number of halogens is 4. The quantitative estimate of drug-likeness (QED) is 0.666. The summed E-state index contributed by atoms with van der Waals surface area (Å²) < 4.78 is 42.8. The third-order valence-corrected chi connectivity index (χ3v) is 4.55. The normalized spacial score (nSPS) is 15.7. The molecule has 0 spiro atoms. The highest BCUT2D eigenvalue weighted by molar-refractivity contribution is 9.10. The largest absolute Gasteiger partial charge is 0.471 e. The van der Waals surface area contributed by atoms with Crippen molar-refractivity contribution in [3.05, 3.63) is 52.6 Å². The van der Waals surface area contributed by atoms with Gasteiger partial charge < -0.3 is 9.84 Å². The second-order valence-electron chi connectivity index (χ2n) is 5.93. The van der Waals surface area contributed by atoms with Crippen LogP contribution in [0.5, 0.6) is 0 Å². The highest BCUT2D eigenvalue weighted by atomic mass is 79.9. The van der Waals surface area contributed by atoms with Gasteiger partial charge in [0, 0.05) is 16.9 Å². The predicted molar refractivity (Wildman–Crippen MR) is 89.0 cm³/mol. The second kappa shape index (κ2) is 6.04. The Morgan fingerprint density at radius 1 is 1.15 bits per heavy atom. The summed E-state index contributed by atoms with van der Waals surface area (Å²) in [6.07, 6.45) is -0.0900. The van der Waals surface area contributed by atoms with Crippen LogP contribution < -0.4 is 5.32 Å². The summed E-state index contributed by atoms with van der Waals surface area (Å²) in [5, 5.41) is 6.61. The molecule has 26 heavy (non-hydrogen) atoms. The second-order valence-corrected chi connectivity index (χ2v) is 6.85. The van der Waals surface area contributed by atoms with Crippen molar-refractivity contribution in [2.45, 2.75) is 24.6 Å². The van der Waals surface area contributed by atoms with Crippen LogP contribution in [0.3, 0.4) is 0 Å². The first-order valence-corrected chi connectivity index (χ1v) is 8.43. The number of aromatic nitrogens is 4. The van der Waals surface area contributed by atoms with E-state index in [-0.39, 0.29) is 16.9 Å². The molecule has 0 aliphatic heterocycles. The van der Waals surface area contributed by atoms with E-state index in [0.29, 0.717) is 5.95 Å². The molecule has 10 heteroatoms. The Labute approximate surface area is 154 Å². The van der Waals surface area contributed by atoms with E-state index in [2.05, 4.69) is 45.9 Å². The molecule has 2 aromatic heterocycles. The number of benzene rings is 1. The monoisotopic (exact) mass is 425 g/mol. The van der Waals surface area contributed by atoms with E-state index in [4.69, 9.17) is 0 Å². The summed E-state index contributed by atoms with van der Waals surface area (Å²) in [6.45, 7) is 0. The van der Waals surface area contributed by atoms with Gasteiger partial charge in [-0.3, -0.25) is 0 Å². The third kappa shape index (κ3) is 3.28. The standard InChI is InChI=1S/C16H11BrF3N5O/c17-11-3-1-2-10(6-11)15(4-5-15)24-14-21-7-9(8-22-14)12-23-13(26-25-12)16(18,19)20/h1-3,6-8H,4-5H2,(H,21,22,24). The fourth-order valence-corrected chi connectivity index (χ4v) is 2.97. The molecule has 1 N–H and O–H groups in total. The molecule has 0 bridgehead atoms. The van der Waals surface area contributed by atoms with Crippen LogP contribution >= 0.6 is 15.9 Å². The van der Waals surface area contributed by atoms with Gasteiger partial charge in [0.15, 0.2) is 0 Å². The van der Waals surface area contributed by atoms with E-state index in [0.717, 1.165) is 22.9 Å². The highest BCUT2D eigenvalue weighted by Gasteiger charge is 2.45. The molecule has 0 radical (unpaired) electrons. The average molecular weight is 426 g/mol. The first-order valence-electron chi connectivity index (χ1n) is 7.63. The van der Waals surface area contributed by atoms with Crippen LogP contribution in [0, 0.1) is 0 Å². The van der Waals surface area contributed by atoms with Crippen molar-refractivity contribution in [1.82, 2.24) is 20.1 Å². The lowest BCUT2D eigenvalue weighted by atomic mass is 10.1. The van der Waals surface area contributed by atoms with Crippen LogP contribution in [0.25, 0.3) is 11.4 Å². The molecule has 1 aliphatic rings. The Hall–Kier alpha value is -2.49. The van der Waals surface area contributed by atoms with E-state index < -0.39 is 12.1 Å². The lowest BCUT2D eigenvalue weighted by Gasteiger charge is -2.18. The van der Waals surface area contributed by atoms with Crippen molar-refractivity contribution in [1.29, 1.82) is 0 Å². The smallest absolute Gasteiger partial charge is 0.345 e. The number of hydrogen-bond acceptors (Lipinski definition) is 6. The van der Waals surface area contributed by atoms with E-state index in [1.165, 1.54) is 12.4 Å². The molecule has 1 saturated carbocycles. The molecule has 1 aromatic carbocycles. The van der Waals surface area contributed by atoms with Crippen molar-refractivity contribution in [2.24, 2.45) is 0 Å². The average Bonchev–Trinajstić information content (AvgIpc) is 3.19. The lowest BCUT2D eigenvalue weighted by Crippen LogP contribution is -2.20. The molecule has 4 rings (SSSR count). The summed E-state index contributed by atoms with van der Waals surface area (Å²) >= 11 is 3.46. The van der Waals surface area contributed by atoms with Gasteiger partial charge in [0.2, 0.25) is 11.8 Å². The first kappa shape index (κ1) is 17.0. The molecule has 2 heterocycles. The number of hydrogen-bond donors (Lipinski definition) is 1. The Balaban J connectivity index is 1.53. The molecule has 0 atom stereocenters. The van der Waals surface area contributed by atoms with Crippen LogP contribution in [0.1, 0.15) is 24.3 Å². The number of rotatable bonds is 4. The van der Waals surface area contributed by atoms with E-state index >= 15 is 0 Å². The molecular formula is C16H11BrF3N5O. The number of nitrogens with zero attached hydrogens (tertiary/aromatic N) is 4. The molecule has 0 saturated heterocycles. The minimum atomic E-state index is -4.68. The SMILES string of the molecule is FC(F)(F)c1nc(-c2cnc(NC3(c4cccc(Br)c4)CC3)nc2)no1. The van der Waals surface area contributed by atoms with Crippen molar-refractivity contribution in [3.8, 4) is 11.4 Å². The Morgan fingerprint density at radius 3 is 2.46 bits per heavy atom. The van der Waals surface area contributed by atoms with E-state index in [1.807, 2.05) is 24.3 Å². The predicted octanol–water partition coefficient (Wildman–Crippen LogP) is 4.41. The van der Waals surface area contributed by atoms with Crippen LogP contribution in [-0.2, 0) is 11.7 Å². The van der Waals surface area contributed by atoms with Crippen LogP contribution in [-0.4, -0.2) is 20.1 Å². The van der Waals surface area contributed by atoms with Crippen molar-refractivity contribution < 1.29 is 17.7 Å². The maximum Gasteiger partial charge on any atom is 0.471 e. The summed E-state index contributed by atoms with van der Waals surface area (Å²) in [7, 11) is 0. The van der Waals surface area contributed by atoms with Gasteiger partial charge in [-0.2, -0.15) is 18.2 Å². The van der Waals surface area contributed by atoms with Gasteiger partial charge in [0.25, 0.3) is 0 Å². The Morgan fingerprint density at radius 2 is 1.88 bits per heavy atom. The van der Waals surface area contributed by atoms with Crippen LogP contribution in [0.4, 0.5) is 19.1 Å². The maximum atomic E-state index is 12.5. The Kier molecular flexibility index (Phi) is 3.94.